The van der Waals surface area contributed by atoms with Gasteiger partial charge in [0.2, 0.25) is 0 Å². The molecule has 0 unspecified atom stereocenters. The Hall–Kier alpha value is -2.09. The Morgan fingerprint density at radius 3 is 2.36 bits per heavy atom. The molecule has 1 aliphatic carbocycles. The second kappa shape index (κ2) is 8.33. The minimum atomic E-state index is 0.127. The second-order valence-electron chi connectivity index (χ2n) is 7.04. The van der Waals surface area contributed by atoms with Crippen LogP contribution in [0.25, 0.3) is 11.1 Å². The van der Waals surface area contributed by atoms with Crippen LogP contribution in [0.15, 0.2) is 36.4 Å². The fourth-order valence-electron chi connectivity index (χ4n) is 3.57. The third-order valence-corrected chi connectivity index (χ3v) is 5.03. The molecule has 0 bridgehead atoms. The Balaban J connectivity index is 1.57. The topological polar surface area (TPSA) is 26.3 Å². The van der Waals surface area contributed by atoms with E-state index in [0.717, 1.165) is 30.8 Å². The third kappa shape index (κ3) is 4.31. The third-order valence-electron chi connectivity index (χ3n) is 5.03. The van der Waals surface area contributed by atoms with E-state index in [1.165, 1.54) is 54.4 Å². The number of benzene rings is 2. The molecule has 0 heterocycles. The van der Waals surface area contributed by atoms with Crippen LogP contribution in [0.3, 0.4) is 0 Å². The van der Waals surface area contributed by atoms with Gasteiger partial charge in [-0.3, -0.25) is 4.79 Å². The van der Waals surface area contributed by atoms with Crippen molar-refractivity contribution < 1.29 is 9.53 Å². The van der Waals surface area contributed by atoms with E-state index in [4.69, 9.17) is 4.74 Å². The van der Waals surface area contributed by atoms with Gasteiger partial charge in [0.1, 0.15) is 5.75 Å². The number of carbonyl (C=O) groups excluding carboxylic acids is 1. The van der Waals surface area contributed by atoms with E-state index in [9.17, 15) is 4.79 Å². The van der Waals surface area contributed by atoms with E-state index in [0.29, 0.717) is 0 Å². The van der Waals surface area contributed by atoms with E-state index in [-0.39, 0.29) is 5.78 Å². The average molecular weight is 336 g/mol. The first-order chi connectivity index (χ1) is 12.2. The highest BCUT2D eigenvalue weighted by Gasteiger charge is 2.19. The smallest absolute Gasteiger partial charge is 0.159 e. The summed E-state index contributed by atoms with van der Waals surface area (Å²) in [5.74, 6) is 1.09. The van der Waals surface area contributed by atoms with E-state index >= 15 is 0 Å². The van der Waals surface area contributed by atoms with Gasteiger partial charge in [0.25, 0.3) is 0 Å². The number of hydrogen-bond acceptors (Lipinski definition) is 2. The van der Waals surface area contributed by atoms with Crippen LogP contribution in [-0.2, 0) is 6.42 Å². The first-order valence-electron chi connectivity index (χ1n) is 9.59. The minimum absolute atomic E-state index is 0.127. The summed E-state index contributed by atoms with van der Waals surface area (Å²) in [6, 6.07) is 12.4. The van der Waals surface area contributed by atoms with Gasteiger partial charge in [-0.2, -0.15) is 0 Å². The summed E-state index contributed by atoms with van der Waals surface area (Å²) in [5.41, 5.74) is 5.87. The summed E-state index contributed by atoms with van der Waals surface area (Å²) in [4.78, 5) is 11.6. The first-order valence-corrected chi connectivity index (χ1v) is 9.59. The standard InChI is InChI=1S/C23H28O2/c1-3-4-5-6-7-8-13-25-21-10-12-23-20(16-21)15-19-14-18(17(2)24)9-11-22(19)23/h9-12,14,16H,3-8,13,15H2,1-2H3. The summed E-state index contributed by atoms with van der Waals surface area (Å²) >= 11 is 0. The summed E-state index contributed by atoms with van der Waals surface area (Å²) in [5, 5.41) is 0. The lowest BCUT2D eigenvalue weighted by Crippen LogP contribution is -1.97. The predicted molar refractivity (Wildman–Crippen MR) is 104 cm³/mol. The van der Waals surface area contributed by atoms with Crippen molar-refractivity contribution in [1.82, 2.24) is 0 Å². The number of Topliss-reactive ketones (excluding diaryl/α,β-unsaturated/α-hetero) is 1. The summed E-state index contributed by atoms with van der Waals surface area (Å²) in [6.45, 7) is 4.67. The molecule has 2 nitrogen and oxygen atoms in total. The molecule has 0 saturated heterocycles. The lowest BCUT2D eigenvalue weighted by Gasteiger charge is -2.08. The van der Waals surface area contributed by atoms with E-state index in [2.05, 4.69) is 31.2 Å². The molecule has 0 spiro atoms. The highest BCUT2D eigenvalue weighted by Crippen LogP contribution is 2.38. The van der Waals surface area contributed by atoms with Gasteiger partial charge >= 0.3 is 0 Å². The number of unbranched alkanes of at least 4 members (excludes halogenated alkanes) is 5. The zero-order valence-electron chi connectivity index (χ0n) is 15.4. The van der Waals surface area contributed by atoms with Gasteiger partial charge in [-0.05, 0) is 60.2 Å². The van der Waals surface area contributed by atoms with Crippen LogP contribution in [0.4, 0.5) is 0 Å². The first kappa shape index (κ1) is 17.7. The maximum atomic E-state index is 11.6. The van der Waals surface area contributed by atoms with Crippen molar-refractivity contribution in [3.63, 3.8) is 0 Å². The molecule has 2 aromatic rings. The van der Waals surface area contributed by atoms with Crippen LogP contribution in [0.5, 0.6) is 5.75 Å². The fourth-order valence-corrected chi connectivity index (χ4v) is 3.57. The normalized spacial score (nSPS) is 11.9. The molecular weight excluding hydrogens is 308 g/mol. The highest BCUT2D eigenvalue weighted by molar-refractivity contribution is 5.95. The van der Waals surface area contributed by atoms with Crippen molar-refractivity contribution in [3.8, 4) is 16.9 Å². The minimum Gasteiger partial charge on any atom is -0.494 e. The molecule has 2 aromatic carbocycles. The number of carbonyl (C=O) groups is 1. The molecule has 25 heavy (non-hydrogen) atoms. The molecule has 0 N–H and O–H groups in total. The van der Waals surface area contributed by atoms with Crippen LogP contribution in [0, 0.1) is 0 Å². The number of rotatable bonds is 9. The monoisotopic (exact) mass is 336 g/mol. The van der Waals surface area contributed by atoms with Crippen molar-refractivity contribution in [3.05, 3.63) is 53.1 Å². The number of ether oxygens (including phenoxy) is 1. The largest absolute Gasteiger partial charge is 0.494 e. The summed E-state index contributed by atoms with van der Waals surface area (Å²) in [6.07, 6.45) is 8.57. The number of fused-ring (bicyclic) bond motifs is 3. The maximum Gasteiger partial charge on any atom is 0.159 e. The average Bonchev–Trinajstić information content (AvgIpc) is 2.97. The van der Waals surface area contributed by atoms with Gasteiger partial charge in [0, 0.05) is 5.56 Å². The molecule has 1 aliphatic rings. The SMILES string of the molecule is CCCCCCCCOc1ccc2c(c1)Cc1cc(C(C)=O)ccc1-2. The molecule has 0 fully saturated rings. The predicted octanol–water partition coefficient (Wildman–Crippen LogP) is 6.20. The van der Waals surface area contributed by atoms with Crippen LogP contribution in [-0.4, -0.2) is 12.4 Å². The summed E-state index contributed by atoms with van der Waals surface area (Å²) < 4.78 is 5.94. The fraction of sp³-hybridized carbons (Fsp3) is 0.435. The highest BCUT2D eigenvalue weighted by atomic mass is 16.5. The van der Waals surface area contributed by atoms with Crippen molar-refractivity contribution in [1.29, 1.82) is 0 Å². The summed E-state index contributed by atoms with van der Waals surface area (Å²) in [7, 11) is 0. The number of hydrogen-bond donors (Lipinski definition) is 0. The van der Waals surface area contributed by atoms with E-state index in [1.54, 1.807) is 6.92 Å². The molecular formula is C23H28O2. The zero-order valence-corrected chi connectivity index (χ0v) is 15.4. The molecule has 0 amide bonds. The molecule has 3 rings (SSSR count). The lowest BCUT2D eigenvalue weighted by atomic mass is 10.0. The van der Waals surface area contributed by atoms with Crippen molar-refractivity contribution in [2.45, 2.75) is 58.8 Å². The van der Waals surface area contributed by atoms with Gasteiger partial charge in [0.15, 0.2) is 5.78 Å². The van der Waals surface area contributed by atoms with Crippen molar-refractivity contribution in [2.75, 3.05) is 6.61 Å². The molecule has 0 aromatic heterocycles. The lowest BCUT2D eigenvalue weighted by molar-refractivity contribution is 0.101. The molecule has 0 atom stereocenters. The van der Waals surface area contributed by atoms with Crippen LogP contribution in [0.2, 0.25) is 0 Å². The Kier molecular flexibility index (Phi) is 5.91. The zero-order chi connectivity index (χ0) is 17.6. The van der Waals surface area contributed by atoms with Gasteiger partial charge < -0.3 is 4.74 Å². The van der Waals surface area contributed by atoms with E-state index < -0.39 is 0 Å². The maximum absolute atomic E-state index is 11.6. The van der Waals surface area contributed by atoms with Crippen LogP contribution >= 0.6 is 0 Å². The van der Waals surface area contributed by atoms with Crippen molar-refractivity contribution in [2.24, 2.45) is 0 Å². The van der Waals surface area contributed by atoms with Gasteiger partial charge in [0.05, 0.1) is 6.61 Å². The van der Waals surface area contributed by atoms with Crippen LogP contribution in [0.1, 0.15) is 73.9 Å². The molecule has 0 radical (unpaired) electrons. The Bertz CT molecular complexity index is 746. The second-order valence-corrected chi connectivity index (χ2v) is 7.04. The molecule has 132 valence electrons. The molecule has 0 aliphatic heterocycles. The molecule has 2 heteroatoms. The van der Waals surface area contributed by atoms with Gasteiger partial charge in [-0.25, -0.2) is 0 Å². The Labute approximate surface area is 151 Å². The Morgan fingerprint density at radius 2 is 1.60 bits per heavy atom. The van der Waals surface area contributed by atoms with Gasteiger partial charge in [-0.1, -0.05) is 57.2 Å². The van der Waals surface area contributed by atoms with E-state index in [1.807, 2.05) is 12.1 Å². The molecule has 0 saturated carbocycles. The van der Waals surface area contributed by atoms with Crippen LogP contribution < -0.4 is 4.74 Å². The van der Waals surface area contributed by atoms with Crippen molar-refractivity contribution >= 4 is 5.78 Å². The number of ketones is 1. The Morgan fingerprint density at radius 1 is 0.920 bits per heavy atom. The quantitative estimate of drug-likeness (QED) is 0.343. The van der Waals surface area contributed by atoms with Gasteiger partial charge in [-0.15, -0.1) is 0 Å².